The molecule has 0 saturated heterocycles. The van der Waals surface area contributed by atoms with Crippen LogP contribution < -0.4 is 0 Å². The maximum atomic E-state index is 5.02. The number of alkyl halides is 1. The fourth-order valence-electron chi connectivity index (χ4n) is 0.269. The van der Waals surface area contributed by atoms with Crippen molar-refractivity contribution in [2.45, 2.75) is 18.4 Å². The molecular formula is C6H9BrO. The molecule has 0 spiro atoms. The van der Waals surface area contributed by atoms with E-state index in [1.807, 2.05) is 6.92 Å². The van der Waals surface area contributed by atoms with Crippen LogP contribution in [0, 0.1) is 12.3 Å². The van der Waals surface area contributed by atoms with Crippen LogP contribution >= 0.6 is 15.9 Å². The molecule has 1 nitrogen and oxygen atoms in total. The third-order valence-electron chi connectivity index (χ3n) is 0.599. The summed E-state index contributed by atoms with van der Waals surface area (Å²) in [5.41, 5.74) is 0. The van der Waals surface area contributed by atoms with E-state index in [0.29, 0.717) is 0 Å². The van der Waals surface area contributed by atoms with Gasteiger partial charge in [0.15, 0.2) is 5.01 Å². The molecule has 0 aromatic rings. The lowest BCUT2D eigenvalue weighted by atomic mass is 10.5. The van der Waals surface area contributed by atoms with Crippen molar-refractivity contribution in [2.24, 2.45) is 0 Å². The quantitative estimate of drug-likeness (QED) is 0.471. The summed E-state index contributed by atoms with van der Waals surface area (Å²) in [5, 5.41) is -0.206. The fraction of sp³-hybridized carbons (Fsp3) is 0.667. The van der Waals surface area contributed by atoms with Gasteiger partial charge in [0.25, 0.3) is 0 Å². The van der Waals surface area contributed by atoms with E-state index in [9.17, 15) is 0 Å². The van der Waals surface area contributed by atoms with Gasteiger partial charge >= 0.3 is 0 Å². The molecule has 2 heteroatoms. The standard InChI is InChI=1S/C6H9BrO/c1-3-5-8-6(7)4-2/h2,6H,3,5H2,1H3. The second-order valence-electron chi connectivity index (χ2n) is 1.35. The second-order valence-corrected chi connectivity index (χ2v) is 2.19. The van der Waals surface area contributed by atoms with Gasteiger partial charge in [-0.3, -0.25) is 0 Å². The molecule has 0 heterocycles. The Morgan fingerprint density at radius 3 is 2.88 bits per heavy atom. The predicted octanol–water partition coefficient (Wildman–Crippen LogP) is 1.77. The van der Waals surface area contributed by atoms with Gasteiger partial charge in [0, 0.05) is 6.61 Å². The molecule has 1 atom stereocenters. The Labute approximate surface area is 58.5 Å². The van der Waals surface area contributed by atoms with Crippen molar-refractivity contribution in [3.8, 4) is 12.3 Å². The molecule has 0 aliphatic rings. The van der Waals surface area contributed by atoms with Crippen LogP contribution in [0.2, 0.25) is 0 Å². The molecule has 0 amide bonds. The first-order chi connectivity index (χ1) is 3.81. The molecule has 0 saturated carbocycles. The first-order valence-electron chi connectivity index (χ1n) is 2.53. The fourth-order valence-corrected chi connectivity index (χ4v) is 0.456. The summed E-state index contributed by atoms with van der Waals surface area (Å²) in [6, 6.07) is 0. The average Bonchev–Trinajstić information content (AvgIpc) is 1.83. The minimum Gasteiger partial charge on any atom is -0.355 e. The van der Waals surface area contributed by atoms with Crippen LogP contribution in [-0.2, 0) is 4.74 Å². The van der Waals surface area contributed by atoms with Crippen molar-refractivity contribution in [1.82, 2.24) is 0 Å². The van der Waals surface area contributed by atoms with Crippen LogP contribution in [0.4, 0.5) is 0 Å². The minimum absolute atomic E-state index is 0.206. The zero-order valence-electron chi connectivity index (χ0n) is 4.86. The maximum Gasteiger partial charge on any atom is 0.173 e. The Balaban J connectivity index is 3.02. The highest BCUT2D eigenvalue weighted by Gasteiger charge is 1.93. The van der Waals surface area contributed by atoms with Gasteiger partial charge in [-0.15, -0.1) is 6.42 Å². The number of ether oxygens (including phenoxy) is 1. The van der Waals surface area contributed by atoms with E-state index in [1.54, 1.807) is 0 Å². The van der Waals surface area contributed by atoms with Gasteiger partial charge in [-0.05, 0) is 22.4 Å². The molecule has 46 valence electrons. The highest BCUT2D eigenvalue weighted by Crippen LogP contribution is 1.98. The van der Waals surface area contributed by atoms with Gasteiger partial charge in [-0.2, -0.15) is 0 Å². The summed E-state index contributed by atoms with van der Waals surface area (Å²) in [5.74, 6) is 2.39. The second kappa shape index (κ2) is 5.14. The summed E-state index contributed by atoms with van der Waals surface area (Å²) in [6.07, 6.45) is 5.99. The van der Waals surface area contributed by atoms with E-state index in [0.717, 1.165) is 13.0 Å². The van der Waals surface area contributed by atoms with Gasteiger partial charge in [0.05, 0.1) is 0 Å². The summed E-state index contributed by atoms with van der Waals surface area (Å²) in [4.78, 5) is 0. The number of rotatable bonds is 3. The molecule has 0 rings (SSSR count). The molecule has 0 aromatic heterocycles. The molecule has 0 bridgehead atoms. The van der Waals surface area contributed by atoms with Crippen molar-refractivity contribution in [1.29, 1.82) is 0 Å². The third kappa shape index (κ3) is 4.17. The summed E-state index contributed by atoms with van der Waals surface area (Å²) in [6.45, 7) is 2.76. The maximum absolute atomic E-state index is 5.02. The molecule has 0 aliphatic carbocycles. The van der Waals surface area contributed by atoms with Crippen LogP contribution in [-0.4, -0.2) is 11.6 Å². The molecule has 0 radical (unpaired) electrons. The molecule has 0 N–H and O–H groups in total. The molecule has 0 aliphatic heterocycles. The van der Waals surface area contributed by atoms with Crippen molar-refractivity contribution < 1.29 is 4.74 Å². The molecule has 0 fully saturated rings. The molecule has 0 aromatic carbocycles. The monoisotopic (exact) mass is 176 g/mol. The van der Waals surface area contributed by atoms with Crippen molar-refractivity contribution in [2.75, 3.05) is 6.61 Å². The summed E-state index contributed by atoms with van der Waals surface area (Å²) < 4.78 is 5.02. The van der Waals surface area contributed by atoms with E-state index in [1.165, 1.54) is 0 Å². The summed E-state index contributed by atoms with van der Waals surface area (Å²) in [7, 11) is 0. The predicted molar refractivity (Wildman–Crippen MR) is 37.8 cm³/mol. The Hall–Kier alpha value is -0.0000000000000000208. The molecular weight excluding hydrogens is 168 g/mol. The third-order valence-corrected chi connectivity index (χ3v) is 1.13. The van der Waals surface area contributed by atoms with Gasteiger partial charge in [-0.1, -0.05) is 12.8 Å². The highest BCUT2D eigenvalue weighted by atomic mass is 79.9. The molecule has 8 heavy (non-hydrogen) atoms. The average molecular weight is 177 g/mol. The van der Waals surface area contributed by atoms with E-state index >= 15 is 0 Å². The van der Waals surface area contributed by atoms with Crippen LogP contribution in [0.25, 0.3) is 0 Å². The summed E-state index contributed by atoms with van der Waals surface area (Å²) >= 11 is 3.12. The van der Waals surface area contributed by atoms with Crippen molar-refractivity contribution >= 4 is 15.9 Å². The lowest BCUT2D eigenvalue weighted by Gasteiger charge is -2.00. The normalized spacial score (nSPS) is 12.6. The Bertz CT molecular complexity index is 85.0. The van der Waals surface area contributed by atoms with E-state index in [2.05, 4.69) is 21.9 Å². The SMILES string of the molecule is C#CC(Br)OCCC. The lowest BCUT2D eigenvalue weighted by molar-refractivity contribution is 0.150. The van der Waals surface area contributed by atoms with E-state index in [-0.39, 0.29) is 5.01 Å². The van der Waals surface area contributed by atoms with Crippen molar-refractivity contribution in [3.63, 3.8) is 0 Å². The Morgan fingerprint density at radius 2 is 2.50 bits per heavy atom. The zero-order valence-corrected chi connectivity index (χ0v) is 6.44. The van der Waals surface area contributed by atoms with E-state index < -0.39 is 0 Å². The van der Waals surface area contributed by atoms with Gasteiger partial charge in [-0.25, -0.2) is 0 Å². The van der Waals surface area contributed by atoms with Crippen molar-refractivity contribution in [3.05, 3.63) is 0 Å². The topological polar surface area (TPSA) is 9.23 Å². The van der Waals surface area contributed by atoms with Crippen LogP contribution in [0.15, 0.2) is 0 Å². The first kappa shape index (κ1) is 8.00. The zero-order chi connectivity index (χ0) is 6.41. The number of hydrogen-bond acceptors (Lipinski definition) is 1. The van der Waals surface area contributed by atoms with Crippen LogP contribution in [0.3, 0.4) is 0 Å². The number of halogens is 1. The van der Waals surface area contributed by atoms with Gasteiger partial charge in [0.2, 0.25) is 0 Å². The molecule has 1 unspecified atom stereocenters. The van der Waals surface area contributed by atoms with E-state index in [4.69, 9.17) is 11.2 Å². The smallest absolute Gasteiger partial charge is 0.173 e. The minimum atomic E-state index is -0.206. The number of hydrogen-bond donors (Lipinski definition) is 0. The largest absolute Gasteiger partial charge is 0.355 e. The van der Waals surface area contributed by atoms with Crippen LogP contribution in [0.5, 0.6) is 0 Å². The highest BCUT2D eigenvalue weighted by molar-refractivity contribution is 9.09. The Kier molecular flexibility index (Phi) is 5.14. The lowest BCUT2D eigenvalue weighted by Crippen LogP contribution is -2.00. The first-order valence-corrected chi connectivity index (χ1v) is 3.44. The van der Waals surface area contributed by atoms with Gasteiger partial charge in [0.1, 0.15) is 0 Å². The number of terminal acetylenes is 1. The van der Waals surface area contributed by atoms with Gasteiger partial charge < -0.3 is 4.74 Å². The van der Waals surface area contributed by atoms with Crippen LogP contribution in [0.1, 0.15) is 13.3 Å². The Morgan fingerprint density at radius 1 is 1.88 bits per heavy atom.